The molecule has 0 unspecified atom stereocenters. The average Bonchev–Trinajstić information content (AvgIpc) is 3.54. The predicted octanol–water partition coefficient (Wildman–Crippen LogP) is 3.80. The molecule has 162 valence electrons. The average molecular weight is 441 g/mol. The molecule has 0 atom stereocenters. The molecule has 4 rings (SSSR count). The van der Waals surface area contributed by atoms with E-state index in [1.54, 1.807) is 17.2 Å². The molecule has 1 aliphatic heterocycles. The van der Waals surface area contributed by atoms with E-state index in [0.29, 0.717) is 22.4 Å². The van der Waals surface area contributed by atoms with Crippen LogP contribution in [0.15, 0.2) is 40.1 Å². The van der Waals surface area contributed by atoms with Crippen molar-refractivity contribution >= 4 is 23.5 Å². The maximum absolute atomic E-state index is 12.5. The lowest BCUT2D eigenvalue weighted by atomic mass is 10.1. The second-order valence-electron chi connectivity index (χ2n) is 7.53. The summed E-state index contributed by atoms with van der Waals surface area (Å²) in [6.07, 6.45) is 3.62. The third-order valence-corrected chi connectivity index (χ3v) is 5.92. The van der Waals surface area contributed by atoms with Gasteiger partial charge in [-0.05, 0) is 49.9 Å². The number of hydrogen-bond donors (Lipinski definition) is 1. The van der Waals surface area contributed by atoms with Gasteiger partial charge in [-0.15, -0.1) is 10.2 Å². The Bertz CT molecular complexity index is 1080. The van der Waals surface area contributed by atoms with Gasteiger partial charge in [0.1, 0.15) is 11.4 Å². The van der Waals surface area contributed by atoms with E-state index in [1.807, 2.05) is 32.0 Å². The number of rotatable bonds is 8. The molecule has 1 saturated heterocycles. The maximum atomic E-state index is 12.5. The van der Waals surface area contributed by atoms with Crippen LogP contribution in [0.3, 0.4) is 0 Å². The third kappa shape index (κ3) is 5.16. The first kappa shape index (κ1) is 21.2. The third-order valence-electron chi connectivity index (χ3n) is 5.10. The molecule has 9 heteroatoms. The number of ether oxygens (including phenoxy) is 1. The van der Waals surface area contributed by atoms with Gasteiger partial charge < -0.3 is 19.0 Å². The smallest absolute Gasteiger partial charge is 0.277 e. The topological polar surface area (TPSA) is 101 Å². The molecule has 0 spiro atoms. The molecule has 1 aliphatic rings. The van der Waals surface area contributed by atoms with Gasteiger partial charge in [-0.25, -0.2) is 0 Å². The van der Waals surface area contributed by atoms with Crippen LogP contribution in [0.25, 0.3) is 0 Å². The first-order valence-electron chi connectivity index (χ1n) is 10.2. The highest BCUT2D eigenvalue weighted by Crippen LogP contribution is 2.22. The number of aromatic nitrogens is 3. The standard InChI is InChI=1S/C22H24N4O4S/c1-14-5-6-15(2)19(9-14)29-12-20-24-25-22(30-20)31-13-18(27)16-10-17(23-11-16)21(28)26-7-3-4-8-26/h5-6,9-11,23H,3-4,7-8,12-13H2,1-2H3. The van der Waals surface area contributed by atoms with Crippen LogP contribution in [0.2, 0.25) is 0 Å². The van der Waals surface area contributed by atoms with Gasteiger partial charge >= 0.3 is 0 Å². The zero-order chi connectivity index (χ0) is 21.8. The number of H-pyrrole nitrogens is 1. The minimum absolute atomic E-state index is 0.0606. The highest BCUT2D eigenvalue weighted by molar-refractivity contribution is 7.99. The van der Waals surface area contributed by atoms with Crippen molar-refractivity contribution in [2.75, 3.05) is 18.8 Å². The molecule has 1 N–H and O–H groups in total. The lowest BCUT2D eigenvalue weighted by Crippen LogP contribution is -2.27. The van der Waals surface area contributed by atoms with E-state index in [9.17, 15) is 9.59 Å². The molecule has 3 aromatic rings. The van der Waals surface area contributed by atoms with Gasteiger partial charge in [0.2, 0.25) is 0 Å². The van der Waals surface area contributed by atoms with Crippen LogP contribution >= 0.6 is 11.8 Å². The lowest BCUT2D eigenvalue weighted by Gasteiger charge is -2.13. The normalized spacial score (nSPS) is 13.5. The van der Waals surface area contributed by atoms with Crippen LogP contribution in [0.5, 0.6) is 5.75 Å². The van der Waals surface area contributed by atoms with Crippen LogP contribution in [-0.4, -0.2) is 50.6 Å². The monoisotopic (exact) mass is 440 g/mol. The van der Waals surface area contributed by atoms with E-state index in [-0.39, 0.29) is 24.1 Å². The van der Waals surface area contributed by atoms with Crippen molar-refractivity contribution in [1.29, 1.82) is 0 Å². The number of nitrogens with one attached hydrogen (secondary N) is 1. The predicted molar refractivity (Wildman–Crippen MR) is 116 cm³/mol. The van der Waals surface area contributed by atoms with Crippen LogP contribution in [-0.2, 0) is 6.61 Å². The Morgan fingerprint density at radius 3 is 2.81 bits per heavy atom. The summed E-state index contributed by atoms with van der Waals surface area (Å²) in [6, 6.07) is 7.59. The van der Waals surface area contributed by atoms with Crippen LogP contribution in [0.1, 0.15) is 50.7 Å². The Hall–Kier alpha value is -3.07. The Morgan fingerprint density at radius 1 is 1.19 bits per heavy atom. The fourth-order valence-electron chi connectivity index (χ4n) is 3.34. The van der Waals surface area contributed by atoms with Crippen molar-refractivity contribution in [3.63, 3.8) is 0 Å². The van der Waals surface area contributed by atoms with E-state index >= 15 is 0 Å². The molecule has 1 fully saturated rings. The molecular formula is C22H24N4O4S. The number of nitrogens with zero attached hydrogens (tertiary/aromatic N) is 3. The SMILES string of the molecule is Cc1ccc(C)c(OCc2nnc(SCC(=O)c3c[nH]c(C(=O)N4CCCC4)c3)o2)c1. The number of Topliss-reactive ketones (excluding diaryl/α,β-unsaturated/α-hetero) is 1. The van der Waals surface area contributed by atoms with E-state index in [2.05, 4.69) is 15.2 Å². The zero-order valence-corrected chi connectivity index (χ0v) is 18.3. The molecule has 3 heterocycles. The molecule has 1 aromatic carbocycles. The number of carbonyl (C=O) groups excluding carboxylic acids is 2. The number of hydrogen-bond acceptors (Lipinski definition) is 7. The number of benzene rings is 1. The van der Waals surface area contributed by atoms with Crippen molar-refractivity contribution in [2.45, 2.75) is 38.5 Å². The van der Waals surface area contributed by atoms with Crippen LogP contribution in [0, 0.1) is 13.8 Å². The quantitative estimate of drug-likeness (QED) is 0.420. The summed E-state index contributed by atoms with van der Waals surface area (Å²) in [5.74, 6) is 1.07. The Labute approximate surface area is 184 Å². The minimum Gasteiger partial charge on any atom is -0.484 e. The number of carbonyl (C=O) groups is 2. The molecule has 0 saturated carbocycles. The number of aromatic amines is 1. The molecule has 31 heavy (non-hydrogen) atoms. The van der Waals surface area contributed by atoms with Gasteiger partial charge in [0.05, 0.1) is 5.75 Å². The van der Waals surface area contributed by atoms with Crippen LogP contribution in [0.4, 0.5) is 0 Å². The fraction of sp³-hybridized carbons (Fsp3) is 0.364. The summed E-state index contributed by atoms with van der Waals surface area (Å²) in [6.45, 7) is 5.67. The van der Waals surface area contributed by atoms with Gasteiger partial charge in [0, 0.05) is 24.8 Å². The lowest BCUT2D eigenvalue weighted by molar-refractivity contribution is 0.0787. The summed E-state index contributed by atoms with van der Waals surface area (Å²) in [5, 5.41) is 8.24. The number of likely N-dealkylation sites (tertiary alicyclic amines) is 1. The zero-order valence-electron chi connectivity index (χ0n) is 17.5. The van der Waals surface area contributed by atoms with Gasteiger partial charge in [-0.1, -0.05) is 23.9 Å². The number of ketones is 1. The van der Waals surface area contributed by atoms with Crippen LogP contribution < -0.4 is 4.74 Å². The molecule has 0 radical (unpaired) electrons. The van der Waals surface area contributed by atoms with E-state index < -0.39 is 0 Å². The van der Waals surface area contributed by atoms with Gasteiger partial charge in [-0.2, -0.15) is 0 Å². The van der Waals surface area contributed by atoms with Gasteiger partial charge in [0.15, 0.2) is 12.4 Å². The van der Waals surface area contributed by atoms with Gasteiger partial charge in [0.25, 0.3) is 17.0 Å². The Kier molecular flexibility index (Phi) is 6.41. The van der Waals surface area contributed by atoms with Crippen molar-refractivity contribution in [3.05, 3.63) is 58.7 Å². The summed E-state index contributed by atoms with van der Waals surface area (Å²) in [7, 11) is 0. The Balaban J connectivity index is 1.29. The number of aryl methyl sites for hydroxylation is 2. The van der Waals surface area contributed by atoms with Crippen molar-refractivity contribution in [3.8, 4) is 5.75 Å². The fourth-order valence-corrected chi connectivity index (χ4v) is 4.01. The maximum Gasteiger partial charge on any atom is 0.277 e. The van der Waals surface area contributed by atoms with E-state index in [4.69, 9.17) is 9.15 Å². The first-order chi connectivity index (χ1) is 15.0. The molecular weight excluding hydrogens is 416 g/mol. The summed E-state index contributed by atoms with van der Waals surface area (Å²) in [4.78, 5) is 29.6. The number of thioether (sulfide) groups is 1. The number of amides is 1. The second kappa shape index (κ2) is 9.38. The van der Waals surface area contributed by atoms with Crippen molar-refractivity contribution in [2.24, 2.45) is 0 Å². The van der Waals surface area contributed by atoms with E-state index in [0.717, 1.165) is 54.6 Å². The van der Waals surface area contributed by atoms with Gasteiger partial charge in [-0.3, -0.25) is 9.59 Å². The highest BCUT2D eigenvalue weighted by Gasteiger charge is 2.22. The Morgan fingerprint density at radius 2 is 2.00 bits per heavy atom. The molecule has 0 bridgehead atoms. The largest absolute Gasteiger partial charge is 0.484 e. The summed E-state index contributed by atoms with van der Waals surface area (Å²) in [5.41, 5.74) is 3.04. The summed E-state index contributed by atoms with van der Waals surface area (Å²) >= 11 is 1.16. The molecule has 2 aromatic heterocycles. The summed E-state index contributed by atoms with van der Waals surface area (Å²) < 4.78 is 11.3. The molecule has 0 aliphatic carbocycles. The van der Waals surface area contributed by atoms with E-state index in [1.165, 1.54) is 0 Å². The van der Waals surface area contributed by atoms with Crippen molar-refractivity contribution < 1.29 is 18.7 Å². The minimum atomic E-state index is -0.117. The second-order valence-corrected chi connectivity index (χ2v) is 8.46. The molecule has 8 nitrogen and oxygen atoms in total. The van der Waals surface area contributed by atoms with Crippen molar-refractivity contribution in [1.82, 2.24) is 20.1 Å². The highest BCUT2D eigenvalue weighted by atomic mass is 32.2. The first-order valence-corrected chi connectivity index (χ1v) is 11.1. The molecule has 1 amide bonds.